The molecule has 1 fully saturated rings. The number of benzene rings is 2. The van der Waals surface area contributed by atoms with Gasteiger partial charge >= 0.3 is 0 Å². The second kappa shape index (κ2) is 9.39. The van der Waals surface area contributed by atoms with Crippen molar-refractivity contribution in [1.82, 2.24) is 4.90 Å². The molecule has 29 heavy (non-hydrogen) atoms. The van der Waals surface area contributed by atoms with Gasteiger partial charge in [-0.3, -0.25) is 9.59 Å². The molecule has 0 saturated carbocycles. The van der Waals surface area contributed by atoms with Gasteiger partial charge in [0.05, 0.1) is 18.2 Å². The van der Waals surface area contributed by atoms with Crippen LogP contribution < -0.4 is 4.74 Å². The lowest BCUT2D eigenvalue weighted by atomic mass is 9.95. The van der Waals surface area contributed by atoms with E-state index in [0.29, 0.717) is 24.3 Å². The minimum absolute atomic E-state index is 0.0568. The van der Waals surface area contributed by atoms with E-state index in [1.54, 1.807) is 24.3 Å². The van der Waals surface area contributed by atoms with Gasteiger partial charge in [-0.25, -0.2) is 0 Å². The van der Waals surface area contributed by atoms with Gasteiger partial charge in [0.25, 0.3) is 11.7 Å². The lowest BCUT2D eigenvalue weighted by Crippen LogP contribution is -2.31. The van der Waals surface area contributed by atoms with Crippen molar-refractivity contribution in [3.63, 3.8) is 0 Å². The molecule has 0 aromatic heterocycles. The highest BCUT2D eigenvalue weighted by Crippen LogP contribution is 2.39. The summed E-state index contributed by atoms with van der Waals surface area (Å²) in [5.41, 5.74) is 1.23. The molecule has 0 aliphatic carbocycles. The average molecular weight is 395 g/mol. The van der Waals surface area contributed by atoms with E-state index in [4.69, 9.17) is 4.74 Å². The molecule has 2 N–H and O–H groups in total. The predicted molar refractivity (Wildman–Crippen MR) is 109 cm³/mol. The monoisotopic (exact) mass is 395 g/mol. The number of hydrogen-bond donors (Lipinski definition) is 2. The van der Waals surface area contributed by atoms with E-state index in [1.807, 2.05) is 37.3 Å². The zero-order valence-corrected chi connectivity index (χ0v) is 16.4. The number of rotatable bonds is 8. The van der Waals surface area contributed by atoms with Gasteiger partial charge in [-0.1, -0.05) is 37.3 Å². The molecule has 0 bridgehead atoms. The zero-order chi connectivity index (χ0) is 20.8. The number of amides is 1. The Hall–Kier alpha value is -3.12. The molecule has 2 aromatic rings. The summed E-state index contributed by atoms with van der Waals surface area (Å²) < 4.78 is 5.55. The Morgan fingerprint density at radius 3 is 2.38 bits per heavy atom. The summed E-state index contributed by atoms with van der Waals surface area (Å²) in [5.74, 6) is -0.936. The van der Waals surface area contributed by atoms with E-state index in [1.165, 1.54) is 4.90 Å². The molecule has 1 unspecified atom stereocenters. The Kier molecular flexibility index (Phi) is 6.67. The van der Waals surface area contributed by atoms with Crippen molar-refractivity contribution in [3.05, 3.63) is 71.3 Å². The highest BCUT2D eigenvalue weighted by Gasteiger charge is 2.45. The Morgan fingerprint density at radius 2 is 1.76 bits per heavy atom. The van der Waals surface area contributed by atoms with Crippen molar-refractivity contribution in [2.45, 2.75) is 25.8 Å². The number of nitrogens with zero attached hydrogens (tertiary/aromatic N) is 1. The van der Waals surface area contributed by atoms with E-state index >= 15 is 0 Å². The quantitative estimate of drug-likeness (QED) is 0.407. The highest BCUT2D eigenvalue weighted by atomic mass is 16.5. The number of Topliss-reactive ketones (excluding diaryl/α,β-unsaturated/α-hetero) is 1. The van der Waals surface area contributed by atoms with Crippen LogP contribution in [0.1, 0.15) is 36.9 Å². The molecule has 1 aliphatic rings. The summed E-state index contributed by atoms with van der Waals surface area (Å²) in [6.45, 7) is 2.74. The molecule has 2 aromatic carbocycles. The fourth-order valence-corrected chi connectivity index (χ4v) is 3.42. The molecular formula is C23H25NO5. The number of carbonyl (C=O) groups excluding carboxylic acids is 2. The molecular weight excluding hydrogens is 370 g/mol. The Morgan fingerprint density at radius 1 is 1.07 bits per heavy atom. The molecule has 1 amide bonds. The number of aliphatic hydroxyl groups excluding tert-OH is 2. The number of likely N-dealkylation sites (tertiary alicyclic amines) is 1. The third kappa shape index (κ3) is 4.32. The van der Waals surface area contributed by atoms with Crippen LogP contribution in [0, 0.1) is 0 Å². The van der Waals surface area contributed by atoms with Gasteiger partial charge in [0.2, 0.25) is 0 Å². The summed E-state index contributed by atoms with van der Waals surface area (Å²) in [4.78, 5) is 26.8. The first-order valence-electron chi connectivity index (χ1n) is 9.76. The topological polar surface area (TPSA) is 87.1 Å². The SMILES string of the molecule is CCCOc1ccc(/C(O)=C2/C(=O)C(=O)N(CCCO)C2c2ccccc2)cc1. The molecule has 1 heterocycles. The summed E-state index contributed by atoms with van der Waals surface area (Å²) in [6, 6.07) is 15.2. The van der Waals surface area contributed by atoms with Gasteiger partial charge in [0.1, 0.15) is 11.5 Å². The van der Waals surface area contributed by atoms with Gasteiger partial charge in [-0.2, -0.15) is 0 Å². The summed E-state index contributed by atoms with van der Waals surface area (Å²) in [7, 11) is 0. The van der Waals surface area contributed by atoms with Gasteiger partial charge in [0.15, 0.2) is 0 Å². The summed E-state index contributed by atoms with van der Waals surface area (Å²) >= 11 is 0. The number of ketones is 1. The van der Waals surface area contributed by atoms with Crippen LogP contribution in [0.2, 0.25) is 0 Å². The zero-order valence-electron chi connectivity index (χ0n) is 16.4. The van der Waals surface area contributed by atoms with Crippen LogP contribution in [-0.4, -0.2) is 46.6 Å². The average Bonchev–Trinajstić information content (AvgIpc) is 3.01. The highest BCUT2D eigenvalue weighted by molar-refractivity contribution is 6.46. The molecule has 0 spiro atoms. The van der Waals surface area contributed by atoms with Crippen LogP contribution in [0.3, 0.4) is 0 Å². The Balaban J connectivity index is 2.03. The van der Waals surface area contributed by atoms with Crippen molar-refractivity contribution < 1.29 is 24.5 Å². The molecule has 152 valence electrons. The van der Waals surface area contributed by atoms with Crippen LogP contribution in [0.15, 0.2) is 60.2 Å². The predicted octanol–water partition coefficient (Wildman–Crippen LogP) is 3.28. The second-order valence-corrected chi connectivity index (χ2v) is 6.85. The van der Waals surface area contributed by atoms with Gasteiger partial charge in [0, 0.05) is 18.7 Å². The summed E-state index contributed by atoms with van der Waals surface area (Å²) in [6.07, 6.45) is 1.23. The number of aliphatic hydroxyl groups is 2. The molecule has 0 radical (unpaired) electrons. The van der Waals surface area contributed by atoms with Gasteiger partial charge in [-0.05, 0) is 42.7 Å². The van der Waals surface area contributed by atoms with E-state index in [0.717, 1.165) is 12.0 Å². The lowest BCUT2D eigenvalue weighted by molar-refractivity contribution is -0.140. The smallest absolute Gasteiger partial charge is 0.295 e. The van der Waals surface area contributed by atoms with E-state index in [2.05, 4.69) is 0 Å². The van der Waals surface area contributed by atoms with Crippen LogP contribution in [-0.2, 0) is 9.59 Å². The van der Waals surface area contributed by atoms with Gasteiger partial charge in [-0.15, -0.1) is 0 Å². The molecule has 1 saturated heterocycles. The van der Waals surface area contributed by atoms with Crippen LogP contribution >= 0.6 is 0 Å². The van der Waals surface area contributed by atoms with Gasteiger partial charge < -0.3 is 19.8 Å². The maximum atomic E-state index is 12.8. The number of ether oxygens (including phenoxy) is 1. The third-order valence-corrected chi connectivity index (χ3v) is 4.81. The van der Waals surface area contributed by atoms with E-state index in [-0.39, 0.29) is 24.5 Å². The minimum atomic E-state index is -0.722. The molecule has 1 aliphatic heterocycles. The van der Waals surface area contributed by atoms with E-state index < -0.39 is 17.7 Å². The van der Waals surface area contributed by atoms with Crippen LogP contribution in [0.5, 0.6) is 5.75 Å². The maximum absolute atomic E-state index is 12.8. The molecule has 1 atom stereocenters. The molecule has 6 nitrogen and oxygen atoms in total. The lowest BCUT2D eigenvalue weighted by Gasteiger charge is -2.25. The third-order valence-electron chi connectivity index (χ3n) is 4.81. The normalized spacial score (nSPS) is 18.3. The van der Waals surface area contributed by atoms with Crippen molar-refractivity contribution in [1.29, 1.82) is 0 Å². The van der Waals surface area contributed by atoms with Crippen molar-refractivity contribution in [2.75, 3.05) is 19.8 Å². The Bertz CT molecular complexity index is 889. The standard InChI is InChI=1S/C23H25NO5/c1-2-15-29-18-11-9-17(10-12-18)21(26)19-20(16-7-4-3-5-8-16)24(13-6-14-25)23(28)22(19)27/h3-5,7-12,20,25-26H,2,6,13-15H2,1H3/b21-19-. The van der Waals surface area contributed by atoms with Crippen LogP contribution in [0.25, 0.3) is 5.76 Å². The fourth-order valence-electron chi connectivity index (χ4n) is 3.42. The molecule has 6 heteroatoms. The van der Waals surface area contributed by atoms with E-state index in [9.17, 15) is 19.8 Å². The van der Waals surface area contributed by atoms with Crippen LogP contribution in [0.4, 0.5) is 0 Å². The number of hydrogen-bond acceptors (Lipinski definition) is 5. The minimum Gasteiger partial charge on any atom is -0.507 e. The first-order valence-corrected chi connectivity index (χ1v) is 9.76. The van der Waals surface area contributed by atoms with Crippen molar-refractivity contribution in [2.24, 2.45) is 0 Å². The largest absolute Gasteiger partial charge is 0.507 e. The van der Waals surface area contributed by atoms with Crippen molar-refractivity contribution in [3.8, 4) is 5.75 Å². The second-order valence-electron chi connectivity index (χ2n) is 6.85. The first-order chi connectivity index (χ1) is 14.1. The summed E-state index contributed by atoms with van der Waals surface area (Å²) in [5, 5.41) is 20.1. The number of carbonyl (C=O) groups is 2. The fraction of sp³-hybridized carbons (Fsp3) is 0.304. The Labute approximate surface area is 170 Å². The molecule has 3 rings (SSSR count). The maximum Gasteiger partial charge on any atom is 0.295 e. The van der Waals surface area contributed by atoms with Crippen molar-refractivity contribution >= 4 is 17.4 Å². The first kappa shape index (κ1) is 20.6.